The largest absolute Gasteiger partial charge is 0.467 e. The molecular formula is C18H19F3N4O3. The Bertz CT molecular complexity index is 871. The molecule has 150 valence electrons. The zero-order valence-electron chi connectivity index (χ0n) is 15.5. The number of pyridine rings is 1. The lowest BCUT2D eigenvalue weighted by atomic mass is 10.1. The summed E-state index contributed by atoms with van der Waals surface area (Å²) in [4.78, 5) is 27.7. The Labute approximate surface area is 159 Å². The number of Topliss-reactive ketones (excluding diaryl/α,β-unsaturated/α-hetero) is 1. The molecule has 1 amide bonds. The smallest absolute Gasteiger partial charge is 0.422 e. The van der Waals surface area contributed by atoms with Crippen molar-refractivity contribution in [1.29, 1.82) is 0 Å². The van der Waals surface area contributed by atoms with Crippen molar-refractivity contribution in [2.75, 3.05) is 6.61 Å². The molecule has 0 aliphatic rings. The van der Waals surface area contributed by atoms with Crippen LogP contribution in [-0.4, -0.2) is 39.7 Å². The number of aromatic nitrogens is 3. The lowest BCUT2D eigenvalue weighted by Gasteiger charge is -2.15. The van der Waals surface area contributed by atoms with Crippen molar-refractivity contribution >= 4 is 11.7 Å². The van der Waals surface area contributed by atoms with Gasteiger partial charge in [-0.15, -0.1) is 10.2 Å². The Morgan fingerprint density at radius 1 is 1.25 bits per heavy atom. The number of nitrogens with zero attached hydrogens (tertiary/aromatic N) is 3. The zero-order chi connectivity index (χ0) is 20.9. The SMILES string of the molecule is CC(=O)Cc1cc(C(C)NC(=O)c2cc(C)c(OCC(F)(F)F)nn2)ccn1. The number of hydrogen-bond donors (Lipinski definition) is 1. The third-order valence-corrected chi connectivity index (χ3v) is 3.66. The molecule has 2 heterocycles. The highest BCUT2D eigenvalue weighted by molar-refractivity contribution is 5.92. The number of carbonyl (C=O) groups excluding carboxylic acids is 2. The summed E-state index contributed by atoms with van der Waals surface area (Å²) in [7, 11) is 0. The highest BCUT2D eigenvalue weighted by Gasteiger charge is 2.29. The van der Waals surface area contributed by atoms with E-state index >= 15 is 0 Å². The number of ether oxygens (including phenoxy) is 1. The van der Waals surface area contributed by atoms with E-state index in [0.717, 1.165) is 5.56 Å². The predicted octanol–water partition coefficient (Wildman–Crippen LogP) is 2.74. The lowest BCUT2D eigenvalue weighted by molar-refractivity contribution is -0.154. The van der Waals surface area contributed by atoms with Gasteiger partial charge in [-0.3, -0.25) is 14.6 Å². The summed E-state index contributed by atoms with van der Waals surface area (Å²) in [5.74, 6) is -0.861. The molecule has 2 aromatic heterocycles. The van der Waals surface area contributed by atoms with Gasteiger partial charge < -0.3 is 10.1 Å². The summed E-state index contributed by atoms with van der Waals surface area (Å²) in [5, 5.41) is 9.90. The minimum atomic E-state index is -4.49. The number of amides is 1. The quantitative estimate of drug-likeness (QED) is 0.774. The van der Waals surface area contributed by atoms with Crippen LogP contribution in [0.1, 0.15) is 47.2 Å². The maximum atomic E-state index is 12.4. The van der Waals surface area contributed by atoms with E-state index in [9.17, 15) is 22.8 Å². The van der Waals surface area contributed by atoms with Crippen LogP contribution in [0.2, 0.25) is 0 Å². The van der Waals surface area contributed by atoms with Gasteiger partial charge in [0.25, 0.3) is 5.91 Å². The first-order valence-corrected chi connectivity index (χ1v) is 8.34. The van der Waals surface area contributed by atoms with Gasteiger partial charge in [-0.05, 0) is 44.5 Å². The second kappa shape index (κ2) is 8.77. The summed E-state index contributed by atoms with van der Waals surface area (Å²) in [6.45, 7) is 3.18. The molecule has 0 aromatic carbocycles. The molecule has 1 N–H and O–H groups in total. The molecule has 1 atom stereocenters. The maximum Gasteiger partial charge on any atom is 0.422 e. The fourth-order valence-corrected chi connectivity index (χ4v) is 2.35. The van der Waals surface area contributed by atoms with E-state index in [1.165, 1.54) is 19.9 Å². The minimum Gasteiger partial charge on any atom is -0.467 e. The van der Waals surface area contributed by atoms with Crippen molar-refractivity contribution < 1.29 is 27.5 Å². The summed E-state index contributed by atoms with van der Waals surface area (Å²) < 4.78 is 41.2. The Morgan fingerprint density at radius 3 is 2.57 bits per heavy atom. The van der Waals surface area contributed by atoms with Crippen molar-refractivity contribution in [3.05, 3.63) is 46.9 Å². The van der Waals surface area contributed by atoms with E-state index in [4.69, 9.17) is 0 Å². The van der Waals surface area contributed by atoms with Gasteiger partial charge in [0.05, 0.1) is 6.04 Å². The topological polar surface area (TPSA) is 94.1 Å². The number of nitrogens with one attached hydrogen (secondary N) is 1. The number of ketones is 1. The van der Waals surface area contributed by atoms with Crippen molar-refractivity contribution in [3.63, 3.8) is 0 Å². The van der Waals surface area contributed by atoms with Crippen molar-refractivity contribution in [1.82, 2.24) is 20.5 Å². The number of alkyl halides is 3. The molecule has 0 aliphatic carbocycles. The molecule has 0 spiro atoms. The highest BCUT2D eigenvalue weighted by atomic mass is 19.4. The van der Waals surface area contributed by atoms with Crippen LogP contribution in [0.3, 0.4) is 0 Å². The first-order valence-electron chi connectivity index (χ1n) is 8.34. The molecule has 7 nitrogen and oxygen atoms in total. The lowest BCUT2D eigenvalue weighted by Crippen LogP contribution is -2.28. The first-order chi connectivity index (χ1) is 13.0. The van der Waals surface area contributed by atoms with Gasteiger partial charge in [-0.1, -0.05) is 0 Å². The van der Waals surface area contributed by atoms with E-state index in [-0.39, 0.29) is 29.3 Å². The van der Waals surface area contributed by atoms with E-state index in [1.54, 1.807) is 25.3 Å². The molecule has 0 saturated heterocycles. The third-order valence-electron chi connectivity index (χ3n) is 3.66. The van der Waals surface area contributed by atoms with Crippen LogP contribution < -0.4 is 10.1 Å². The molecule has 0 bridgehead atoms. The summed E-state index contributed by atoms with van der Waals surface area (Å²) >= 11 is 0. The van der Waals surface area contributed by atoms with E-state index in [2.05, 4.69) is 25.2 Å². The van der Waals surface area contributed by atoms with Gasteiger partial charge in [-0.25, -0.2) is 0 Å². The van der Waals surface area contributed by atoms with Gasteiger partial charge in [-0.2, -0.15) is 13.2 Å². The van der Waals surface area contributed by atoms with Gasteiger partial charge in [0.2, 0.25) is 5.88 Å². The van der Waals surface area contributed by atoms with Gasteiger partial charge in [0.1, 0.15) is 5.78 Å². The Balaban J connectivity index is 2.06. The highest BCUT2D eigenvalue weighted by Crippen LogP contribution is 2.20. The average Bonchev–Trinajstić information content (AvgIpc) is 2.59. The van der Waals surface area contributed by atoms with Crippen molar-refractivity contribution in [3.8, 4) is 5.88 Å². The van der Waals surface area contributed by atoms with Crippen LogP contribution in [0, 0.1) is 6.92 Å². The van der Waals surface area contributed by atoms with Gasteiger partial charge in [0.15, 0.2) is 12.3 Å². The van der Waals surface area contributed by atoms with Crippen LogP contribution in [0.15, 0.2) is 24.4 Å². The van der Waals surface area contributed by atoms with Gasteiger partial charge in [0, 0.05) is 23.9 Å². The molecule has 28 heavy (non-hydrogen) atoms. The summed E-state index contributed by atoms with van der Waals surface area (Å²) in [6, 6.07) is 4.32. The molecule has 2 aromatic rings. The molecule has 2 rings (SSSR count). The molecule has 0 saturated carbocycles. The number of carbonyl (C=O) groups is 2. The van der Waals surface area contributed by atoms with Gasteiger partial charge >= 0.3 is 6.18 Å². The predicted molar refractivity (Wildman–Crippen MR) is 92.8 cm³/mol. The molecule has 0 radical (unpaired) electrons. The summed E-state index contributed by atoms with van der Waals surface area (Å²) in [6.07, 6.45) is -2.75. The summed E-state index contributed by atoms with van der Waals surface area (Å²) in [5.41, 5.74) is 1.54. The second-order valence-electron chi connectivity index (χ2n) is 6.28. The number of hydrogen-bond acceptors (Lipinski definition) is 6. The normalized spacial score (nSPS) is 12.4. The number of rotatable bonds is 7. The second-order valence-corrected chi connectivity index (χ2v) is 6.28. The van der Waals surface area contributed by atoms with Crippen LogP contribution in [0.25, 0.3) is 0 Å². The Hall–Kier alpha value is -3.04. The first kappa shape index (κ1) is 21.3. The Kier molecular flexibility index (Phi) is 6.66. The fourth-order valence-electron chi connectivity index (χ4n) is 2.35. The third kappa shape index (κ3) is 6.29. The van der Waals surface area contributed by atoms with Crippen LogP contribution in [0.5, 0.6) is 5.88 Å². The molecule has 1 unspecified atom stereocenters. The molecule has 0 aliphatic heterocycles. The van der Waals surface area contributed by atoms with E-state index in [0.29, 0.717) is 5.69 Å². The van der Waals surface area contributed by atoms with E-state index in [1.807, 2.05) is 0 Å². The molecule has 0 fully saturated rings. The number of aryl methyl sites for hydroxylation is 1. The maximum absolute atomic E-state index is 12.4. The zero-order valence-corrected chi connectivity index (χ0v) is 15.5. The van der Waals surface area contributed by atoms with Crippen LogP contribution >= 0.6 is 0 Å². The molecular weight excluding hydrogens is 377 g/mol. The van der Waals surface area contributed by atoms with Crippen LogP contribution in [-0.2, 0) is 11.2 Å². The standard InChI is InChI=1S/C18H19F3N4O3/c1-10-6-15(24-25-17(10)28-9-18(19,20)21)16(27)23-12(3)13-4-5-22-14(8-13)7-11(2)26/h4-6,8,12H,7,9H2,1-3H3,(H,23,27). The van der Waals surface area contributed by atoms with Crippen LogP contribution in [0.4, 0.5) is 13.2 Å². The molecule has 10 heteroatoms. The number of halogens is 3. The van der Waals surface area contributed by atoms with E-state index < -0.39 is 24.7 Å². The van der Waals surface area contributed by atoms with Crippen molar-refractivity contribution in [2.24, 2.45) is 0 Å². The minimum absolute atomic E-state index is 0.0279. The monoisotopic (exact) mass is 396 g/mol. The van der Waals surface area contributed by atoms with Crippen molar-refractivity contribution in [2.45, 2.75) is 39.4 Å². The Morgan fingerprint density at radius 2 is 1.96 bits per heavy atom. The fraction of sp³-hybridized carbons (Fsp3) is 0.389. The average molecular weight is 396 g/mol.